The normalized spacial score (nSPS) is 17.2. The molecule has 1 N–H and O–H groups in total. The number of aryl methyl sites for hydroxylation is 1. The molecule has 16 heavy (non-hydrogen) atoms. The second kappa shape index (κ2) is 4.58. The Morgan fingerprint density at radius 1 is 1.44 bits per heavy atom. The zero-order valence-corrected chi connectivity index (χ0v) is 10.6. The van der Waals surface area contributed by atoms with Crippen molar-refractivity contribution < 1.29 is 0 Å². The van der Waals surface area contributed by atoms with Gasteiger partial charge in [0.05, 0.1) is 0 Å². The first-order valence-corrected chi connectivity index (χ1v) is 6.26. The summed E-state index contributed by atoms with van der Waals surface area (Å²) < 4.78 is 0. The quantitative estimate of drug-likeness (QED) is 0.800. The van der Waals surface area contributed by atoms with Gasteiger partial charge in [-0.3, -0.25) is 0 Å². The van der Waals surface area contributed by atoms with Crippen LogP contribution < -0.4 is 5.32 Å². The lowest BCUT2D eigenvalue weighted by Gasteiger charge is -2.15. The van der Waals surface area contributed by atoms with Crippen LogP contribution >= 0.6 is 11.6 Å². The molecular weight excluding hydrogens is 222 g/mol. The molecular formula is C12H18ClN3. The van der Waals surface area contributed by atoms with Crippen LogP contribution in [0.3, 0.4) is 0 Å². The Balaban J connectivity index is 1.94. The minimum Gasteiger partial charge on any atom is -0.369 e. The second-order valence-electron chi connectivity index (χ2n) is 4.73. The van der Waals surface area contributed by atoms with Crippen molar-refractivity contribution in [3.63, 3.8) is 0 Å². The third kappa shape index (κ3) is 2.85. The van der Waals surface area contributed by atoms with E-state index in [9.17, 15) is 0 Å². The first-order chi connectivity index (χ1) is 7.63. The van der Waals surface area contributed by atoms with Gasteiger partial charge < -0.3 is 5.32 Å². The molecule has 1 aromatic heterocycles. The van der Waals surface area contributed by atoms with E-state index in [1.165, 1.54) is 25.7 Å². The molecule has 0 amide bonds. The lowest BCUT2D eigenvalue weighted by molar-refractivity contribution is 0.485. The smallest absolute Gasteiger partial charge is 0.134 e. The number of nitrogens with one attached hydrogen (secondary N) is 1. The monoisotopic (exact) mass is 239 g/mol. The molecule has 0 saturated heterocycles. The molecule has 1 aliphatic carbocycles. The van der Waals surface area contributed by atoms with Crippen molar-refractivity contribution in [1.29, 1.82) is 0 Å². The molecule has 1 aliphatic rings. The largest absolute Gasteiger partial charge is 0.369 e. The van der Waals surface area contributed by atoms with Crippen LogP contribution in [0.15, 0.2) is 6.07 Å². The maximum absolute atomic E-state index is 5.89. The lowest BCUT2D eigenvalue weighted by Crippen LogP contribution is -2.16. The van der Waals surface area contributed by atoms with Crippen molar-refractivity contribution in [2.75, 3.05) is 11.9 Å². The van der Waals surface area contributed by atoms with Crippen LogP contribution in [0.5, 0.6) is 0 Å². The Bertz CT molecular complexity index is 354. The molecule has 0 bridgehead atoms. The molecule has 0 aliphatic heterocycles. The van der Waals surface area contributed by atoms with E-state index < -0.39 is 0 Å². The molecule has 3 nitrogen and oxygen atoms in total. The van der Waals surface area contributed by atoms with Gasteiger partial charge in [0.25, 0.3) is 0 Å². The van der Waals surface area contributed by atoms with Gasteiger partial charge in [0.15, 0.2) is 0 Å². The maximum Gasteiger partial charge on any atom is 0.134 e. The standard InChI is InChI=1S/C12H18ClN3/c1-3-4-12(5-6-12)8-14-11-7-10(13)15-9(2)16-11/h7H,3-6,8H2,1-2H3,(H,14,15,16). The molecule has 1 fully saturated rings. The second-order valence-corrected chi connectivity index (χ2v) is 5.11. The van der Waals surface area contributed by atoms with E-state index >= 15 is 0 Å². The molecule has 2 rings (SSSR count). The van der Waals surface area contributed by atoms with Gasteiger partial charge in [-0.05, 0) is 31.6 Å². The van der Waals surface area contributed by atoms with E-state index in [2.05, 4.69) is 22.2 Å². The predicted octanol–water partition coefficient (Wildman–Crippen LogP) is 3.43. The van der Waals surface area contributed by atoms with Crippen molar-refractivity contribution in [3.05, 3.63) is 17.0 Å². The van der Waals surface area contributed by atoms with Gasteiger partial charge in [-0.2, -0.15) is 0 Å². The van der Waals surface area contributed by atoms with Crippen LogP contribution in [-0.4, -0.2) is 16.5 Å². The number of halogens is 1. The van der Waals surface area contributed by atoms with Crippen LogP contribution in [0.4, 0.5) is 5.82 Å². The number of aromatic nitrogens is 2. The molecule has 0 spiro atoms. The van der Waals surface area contributed by atoms with Crippen LogP contribution in [0.25, 0.3) is 0 Å². The summed E-state index contributed by atoms with van der Waals surface area (Å²) in [5.41, 5.74) is 0.528. The zero-order chi connectivity index (χ0) is 11.6. The summed E-state index contributed by atoms with van der Waals surface area (Å²) in [5.74, 6) is 1.57. The van der Waals surface area contributed by atoms with Crippen molar-refractivity contribution >= 4 is 17.4 Å². The van der Waals surface area contributed by atoms with Gasteiger partial charge in [-0.25, -0.2) is 9.97 Å². The SMILES string of the molecule is CCCC1(CNc2cc(Cl)nc(C)n2)CC1. The van der Waals surface area contributed by atoms with Gasteiger partial charge in [-0.15, -0.1) is 0 Å². The van der Waals surface area contributed by atoms with Crippen LogP contribution in [0, 0.1) is 12.3 Å². The third-order valence-corrected chi connectivity index (χ3v) is 3.38. The topological polar surface area (TPSA) is 37.8 Å². The Morgan fingerprint density at radius 2 is 2.19 bits per heavy atom. The van der Waals surface area contributed by atoms with Gasteiger partial charge in [0.2, 0.25) is 0 Å². The highest BCUT2D eigenvalue weighted by atomic mass is 35.5. The first kappa shape index (κ1) is 11.6. The maximum atomic E-state index is 5.89. The summed E-state index contributed by atoms with van der Waals surface area (Å²) in [7, 11) is 0. The van der Waals surface area contributed by atoms with Crippen LogP contribution in [0.1, 0.15) is 38.4 Å². The average molecular weight is 240 g/mol. The van der Waals surface area contributed by atoms with Crippen molar-refractivity contribution in [1.82, 2.24) is 9.97 Å². The summed E-state index contributed by atoms with van der Waals surface area (Å²) in [6, 6.07) is 1.79. The molecule has 4 heteroatoms. The highest BCUT2D eigenvalue weighted by Gasteiger charge is 2.41. The van der Waals surface area contributed by atoms with Gasteiger partial charge in [-0.1, -0.05) is 24.9 Å². The fraction of sp³-hybridized carbons (Fsp3) is 0.667. The minimum absolute atomic E-state index is 0.510. The Hall–Kier alpha value is -0.830. The van der Waals surface area contributed by atoms with Crippen molar-refractivity contribution in [3.8, 4) is 0 Å². The Morgan fingerprint density at radius 3 is 2.75 bits per heavy atom. The molecule has 1 saturated carbocycles. The molecule has 0 atom stereocenters. The van der Waals surface area contributed by atoms with Crippen LogP contribution in [-0.2, 0) is 0 Å². The number of hydrogen-bond acceptors (Lipinski definition) is 3. The average Bonchev–Trinajstić information content (AvgIpc) is 2.95. The predicted molar refractivity (Wildman–Crippen MR) is 66.8 cm³/mol. The van der Waals surface area contributed by atoms with E-state index in [-0.39, 0.29) is 0 Å². The molecule has 1 heterocycles. The highest BCUT2D eigenvalue weighted by Crippen LogP contribution is 2.49. The molecule has 88 valence electrons. The third-order valence-electron chi connectivity index (χ3n) is 3.19. The molecule has 0 unspecified atom stereocenters. The summed E-state index contributed by atoms with van der Waals surface area (Å²) in [5, 5.41) is 3.89. The number of anilines is 1. The van der Waals surface area contributed by atoms with E-state index in [1.54, 1.807) is 6.07 Å². The number of hydrogen-bond donors (Lipinski definition) is 1. The molecule has 1 aromatic rings. The van der Waals surface area contributed by atoms with E-state index in [1.807, 2.05) is 6.92 Å². The van der Waals surface area contributed by atoms with Gasteiger partial charge in [0.1, 0.15) is 16.8 Å². The Kier molecular flexibility index (Phi) is 3.33. The van der Waals surface area contributed by atoms with Gasteiger partial charge in [0, 0.05) is 12.6 Å². The lowest BCUT2D eigenvalue weighted by atomic mass is 10.0. The van der Waals surface area contributed by atoms with Gasteiger partial charge >= 0.3 is 0 Å². The van der Waals surface area contributed by atoms with Crippen LogP contribution in [0.2, 0.25) is 5.15 Å². The summed E-state index contributed by atoms with van der Waals surface area (Å²) in [4.78, 5) is 8.36. The molecule has 0 radical (unpaired) electrons. The first-order valence-electron chi connectivity index (χ1n) is 5.89. The fourth-order valence-electron chi connectivity index (χ4n) is 2.12. The van der Waals surface area contributed by atoms with Crippen molar-refractivity contribution in [2.45, 2.75) is 39.5 Å². The van der Waals surface area contributed by atoms with Crippen molar-refractivity contribution in [2.24, 2.45) is 5.41 Å². The fourth-order valence-corrected chi connectivity index (χ4v) is 2.35. The molecule has 0 aromatic carbocycles. The summed E-state index contributed by atoms with van der Waals surface area (Å²) in [6.07, 6.45) is 5.24. The number of nitrogens with zero attached hydrogens (tertiary/aromatic N) is 2. The summed E-state index contributed by atoms with van der Waals surface area (Å²) >= 11 is 5.89. The van der Waals surface area contributed by atoms with E-state index in [4.69, 9.17) is 11.6 Å². The Labute approximate surface area is 102 Å². The zero-order valence-electron chi connectivity index (χ0n) is 9.89. The number of rotatable bonds is 5. The summed E-state index contributed by atoms with van der Waals surface area (Å²) in [6.45, 7) is 5.11. The van der Waals surface area contributed by atoms with E-state index in [0.717, 1.165) is 18.2 Å². The minimum atomic E-state index is 0.510. The highest BCUT2D eigenvalue weighted by molar-refractivity contribution is 6.29. The van der Waals surface area contributed by atoms with E-state index in [0.29, 0.717) is 10.6 Å².